The molecule has 0 saturated carbocycles. The van der Waals surface area contributed by atoms with Crippen LogP contribution in [0.25, 0.3) is 10.2 Å². The average Bonchev–Trinajstić information content (AvgIpc) is 3.22. The summed E-state index contributed by atoms with van der Waals surface area (Å²) in [5, 5.41) is 15.9. The molecule has 0 N–H and O–H groups in total. The van der Waals surface area contributed by atoms with E-state index in [2.05, 4.69) is 10.1 Å². The summed E-state index contributed by atoms with van der Waals surface area (Å²) >= 11 is 2.51. The number of rotatable bonds is 7. The van der Waals surface area contributed by atoms with Gasteiger partial charge in [-0.25, -0.2) is 4.98 Å². The molecule has 0 unspecified atom stereocenters. The van der Waals surface area contributed by atoms with Gasteiger partial charge in [-0.2, -0.15) is 9.78 Å². The number of hydrogen-bond acceptors (Lipinski definition) is 9. The van der Waals surface area contributed by atoms with Crippen LogP contribution in [0.2, 0.25) is 0 Å². The van der Waals surface area contributed by atoms with Crippen molar-refractivity contribution in [2.24, 2.45) is 5.10 Å². The van der Waals surface area contributed by atoms with Crippen LogP contribution in [0.4, 0.5) is 5.69 Å². The van der Waals surface area contributed by atoms with E-state index in [1.165, 1.54) is 41.7 Å². The Morgan fingerprint density at radius 1 is 1.19 bits per heavy atom. The fourth-order valence-electron chi connectivity index (χ4n) is 2.89. The van der Waals surface area contributed by atoms with Gasteiger partial charge in [0.1, 0.15) is 22.7 Å². The first kappa shape index (κ1) is 21.5. The molecule has 4 aromatic rings. The van der Waals surface area contributed by atoms with Crippen molar-refractivity contribution in [1.29, 1.82) is 0 Å². The molecule has 0 radical (unpaired) electrons. The SMILES string of the molecule is COc1ccc(OC)c(/C=N\n2cnc3sc(Sc4ccccc4[N+](=O)[O-])cc3c2=O)c1. The minimum atomic E-state index is -0.428. The van der Waals surface area contributed by atoms with E-state index >= 15 is 0 Å². The number of ether oxygens (including phenoxy) is 2. The quantitative estimate of drug-likeness (QED) is 0.224. The van der Waals surface area contributed by atoms with Gasteiger partial charge in [-0.1, -0.05) is 23.9 Å². The summed E-state index contributed by atoms with van der Waals surface area (Å²) in [4.78, 5) is 29.1. The van der Waals surface area contributed by atoms with E-state index in [0.29, 0.717) is 32.2 Å². The van der Waals surface area contributed by atoms with Gasteiger partial charge in [0.25, 0.3) is 11.2 Å². The van der Waals surface area contributed by atoms with Crippen LogP contribution in [-0.2, 0) is 0 Å². The van der Waals surface area contributed by atoms with Crippen molar-refractivity contribution in [3.05, 3.63) is 80.9 Å². The maximum absolute atomic E-state index is 12.9. The largest absolute Gasteiger partial charge is 0.497 e. The van der Waals surface area contributed by atoms with Crippen molar-refractivity contribution in [3.63, 3.8) is 0 Å². The number of fused-ring (bicyclic) bond motifs is 1. The van der Waals surface area contributed by atoms with Gasteiger partial charge in [-0.15, -0.1) is 11.3 Å². The molecule has 0 aliphatic carbocycles. The minimum absolute atomic E-state index is 0.0113. The normalized spacial score (nSPS) is 11.2. The Morgan fingerprint density at radius 3 is 2.75 bits per heavy atom. The van der Waals surface area contributed by atoms with Gasteiger partial charge in [-0.05, 0) is 30.3 Å². The highest BCUT2D eigenvalue weighted by atomic mass is 32.2. The standard InChI is InChI=1S/C21H16N4O5S2/c1-29-14-7-8-17(30-2)13(9-14)11-23-24-12-22-20-15(21(24)26)10-19(32-20)31-18-6-4-3-5-16(18)25(27)28/h3-12H,1-2H3/b23-11-. The molecule has 32 heavy (non-hydrogen) atoms. The van der Waals surface area contributed by atoms with Gasteiger partial charge >= 0.3 is 0 Å². The van der Waals surface area contributed by atoms with Crippen molar-refractivity contribution < 1.29 is 14.4 Å². The summed E-state index contributed by atoms with van der Waals surface area (Å²) in [5.74, 6) is 1.21. The molecule has 4 rings (SSSR count). The summed E-state index contributed by atoms with van der Waals surface area (Å²) in [6, 6.07) is 13.4. The smallest absolute Gasteiger partial charge is 0.283 e. The second-order valence-corrected chi connectivity index (χ2v) is 8.73. The third-order valence-electron chi connectivity index (χ3n) is 4.44. The van der Waals surface area contributed by atoms with E-state index in [-0.39, 0.29) is 11.2 Å². The van der Waals surface area contributed by atoms with E-state index in [1.54, 1.807) is 56.7 Å². The lowest BCUT2D eigenvalue weighted by atomic mass is 10.2. The molecule has 0 aliphatic heterocycles. The molecular weight excluding hydrogens is 452 g/mol. The van der Waals surface area contributed by atoms with Gasteiger partial charge in [0, 0.05) is 11.6 Å². The van der Waals surface area contributed by atoms with Crippen molar-refractivity contribution in [3.8, 4) is 11.5 Å². The maximum Gasteiger partial charge on any atom is 0.283 e. The Balaban J connectivity index is 1.67. The molecule has 2 aromatic carbocycles. The third kappa shape index (κ3) is 4.34. The fraction of sp³-hybridized carbons (Fsp3) is 0.0952. The van der Waals surface area contributed by atoms with Gasteiger partial charge in [0.05, 0.1) is 39.8 Å². The molecule has 0 amide bonds. The number of nitro groups is 1. The van der Waals surface area contributed by atoms with Gasteiger partial charge < -0.3 is 9.47 Å². The zero-order valence-corrected chi connectivity index (χ0v) is 18.6. The summed E-state index contributed by atoms with van der Waals surface area (Å²) in [6.45, 7) is 0. The van der Waals surface area contributed by atoms with Gasteiger partial charge in [0.15, 0.2) is 0 Å². The Morgan fingerprint density at radius 2 is 2.00 bits per heavy atom. The Bertz CT molecular complexity index is 1400. The predicted molar refractivity (Wildman–Crippen MR) is 124 cm³/mol. The molecular formula is C21H16N4O5S2. The van der Waals surface area contributed by atoms with Crippen LogP contribution >= 0.6 is 23.1 Å². The lowest BCUT2D eigenvalue weighted by Crippen LogP contribution is -2.16. The summed E-state index contributed by atoms with van der Waals surface area (Å²) in [7, 11) is 3.10. The van der Waals surface area contributed by atoms with Crippen LogP contribution in [-0.4, -0.2) is 35.0 Å². The summed E-state index contributed by atoms with van der Waals surface area (Å²) < 4.78 is 12.4. The van der Waals surface area contributed by atoms with Gasteiger partial charge in [-0.3, -0.25) is 14.9 Å². The number of hydrogen-bond donors (Lipinski definition) is 0. The van der Waals surface area contributed by atoms with Gasteiger partial charge in [0.2, 0.25) is 0 Å². The number of nitro benzene ring substituents is 1. The number of para-hydroxylation sites is 1. The number of thiophene rings is 1. The fourth-order valence-corrected chi connectivity index (χ4v) is 5.07. The molecule has 0 atom stereocenters. The van der Waals surface area contributed by atoms with E-state index in [1.807, 2.05) is 0 Å². The summed E-state index contributed by atoms with van der Waals surface area (Å²) in [6.07, 6.45) is 2.83. The first-order chi connectivity index (χ1) is 15.5. The highest BCUT2D eigenvalue weighted by molar-refractivity contribution is 8.01. The lowest BCUT2D eigenvalue weighted by molar-refractivity contribution is -0.387. The van der Waals surface area contributed by atoms with Crippen LogP contribution in [0.1, 0.15) is 5.56 Å². The molecule has 0 aliphatic rings. The first-order valence-corrected chi connectivity index (χ1v) is 10.8. The van der Waals surface area contributed by atoms with Crippen molar-refractivity contribution in [2.75, 3.05) is 14.2 Å². The number of aromatic nitrogens is 2. The molecule has 162 valence electrons. The second kappa shape index (κ2) is 9.20. The van der Waals surface area contributed by atoms with E-state index in [0.717, 1.165) is 8.89 Å². The second-order valence-electron chi connectivity index (χ2n) is 6.36. The number of nitrogens with zero attached hydrogens (tertiary/aromatic N) is 4. The Labute approximate surface area is 190 Å². The third-order valence-corrected chi connectivity index (χ3v) is 6.67. The van der Waals surface area contributed by atoms with E-state index < -0.39 is 4.92 Å². The topological polar surface area (TPSA) is 109 Å². The van der Waals surface area contributed by atoms with Crippen molar-refractivity contribution in [1.82, 2.24) is 9.66 Å². The molecule has 2 heterocycles. The minimum Gasteiger partial charge on any atom is -0.497 e. The van der Waals surface area contributed by atoms with E-state index in [4.69, 9.17) is 9.47 Å². The Kier molecular flexibility index (Phi) is 6.19. The zero-order valence-electron chi connectivity index (χ0n) is 16.9. The van der Waals surface area contributed by atoms with Crippen LogP contribution in [0.15, 0.2) is 73.9 Å². The molecule has 0 saturated heterocycles. The van der Waals surface area contributed by atoms with Crippen molar-refractivity contribution >= 4 is 45.2 Å². The number of methoxy groups -OCH3 is 2. The maximum atomic E-state index is 12.9. The predicted octanol–water partition coefficient (Wildman–Crippen LogP) is 4.42. The average molecular weight is 469 g/mol. The molecule has 9 nitrogen and oxygen atoms in total. The molecule has 0 bridgehead atoms. The summed E-state index contributed by atoms with van der Waals surface area (Å²) in [5.41, 5.74) is 0.299. The van der Waals surface area contributed by atoms with Crippen LogP contribution in [0, 0.1) is 10.1 Å². The Hall–Kier alpha value is -3.70. The zero-order chi connectivity index (χ0) is 22.7. The molecule has 2 aromatic heterocycles. The molecule has 0 spiro atoms. The van der Waals surface area contributed by atoms with Crippen LogP contribution in [0.3, 0.4) is 0 Å². The van der Waals surface area contributed by atoms with Crippen molar-refractivity contribution in [2.45, 2.75) is 9.10 Å². The highest BCUT2D eigenvalue weighted by Crippen LogP contribution is 2.39. The monoisotopic (exact) mass is 468 g/mol. The molecule has 0 fully saturated rings. The van der Waals surface area contributed by atoms with Crippen LogP contribution < -0.4 is 15.0 Å². The van der Waals surface area contributed by atoms with Crippen LogP contribution in [0.5, 0.6) is 11.5 Å². The lowest BCUT2D eigenvalue weighted by Gasteiger charge is -2.06. The first-order valence-electron chi connectivity index (χ1n) is 9.19. The molecule has 11 heteroatoms. The van der Waals surface area contributed by atoms with E-state index in [9.17, 15) is 14.9 Å². The number of benzene rings is 2. The highest BCUT2D eigenvalue weighted by Gasteiger charge is 2.16.